The number of nitrogens with one attached hydrogen (secondary N) is 2. The van der Waals surface area contributed by atoms with E-state index in [1.165, 1.54) is 22.1 Å². The molecule has 2 aromatic heterocycles. The normalized spacial score (nSPS) is 21.4. The Kier molecular flexibility index (Phi) is 11.8. The molecule has 1 aromatic carbocycles. The lowest BCUT2D eigenvalue weighted by molar-refractivity contribution is -0.143. The fraction of sp³-hybridized carbons (Fsp3) is 0.512. The van der Waals surface area contributed by atoms with Crippen LogP contribution >= 0.6 is 0 Å². The molecule has 2 atom stereocenters. The second-order valence-electron chi connectivity index (χ2n) is 15.9. The number of anilines is 3. The van der Waals surface area contributed by atoms with E-state index in [0.29, 0.717) is 101 Å². The van der Waals surface area contributed by atoms with Crippen LogP contribution in [0.15, 0.2) is 36.7 Å². The number of urea groups is 1. The topological polar surface area (TPSA) is 153 Å². The number of aromatic nitrogens is 2. The molecule has 5 aliphatic heterocycles. The van der Waals surface area contributed by atoms with Gasteiger partial charge in [-0.25, -0.2) is 14.2 Å². The molecule has 0 spiro atoms. The molecule has 320 valence electrons. The number of rotatable bonds is 10. The van der Waals surface area contributed by atoms with Crippen molar-refractivity contribution >= 4 is 40.8 Å². The van der Waals surface area contributed by atoms with Gasteiger partial charge in [0.1, 0.15) is 24.2 Å². The first-order valence-corrected chi connectivity index (χ1v) is 20.3. The molecule has 3 aromatic rings. The van der Waals surface area contributed by atoms with Gasteiger partial charge in [0.25, 0.3) is 5.91 Å². The van der Waals surface area contributed by atoms with Gasteiger partial charge < -0.3 is 34.4 Å². The van der Waals surface area contributed by atoms with E-state index in [4.69, 9.17) is 14.5 Å². The number of halogens is 4. The highest BCUT2D eigenvalue weighted by molar-refractivity contribution is 6.05. The molecule has 60 heavy (non-hydrogen) atoms. The number of ether oxygens (including phenoxy) is 2. The summed E-state index contributed by atoms with van der Waals surface area (Å²) in [6.45, 7) is 8.19. The number of carbonyl (C=O) groups is 4. The van der Waals surface area contributed by atoms with Crippen LogP contribution in [-0.2, 0) is 20.9 Å². The van der Waals surface area contributed by atoms with Gasteiger partial charge in [-0.3, -0.25) is 29.6 Å². The molecule has 15 nitrogen and oxygen atoms in total. The molecule has 2 N–H and O–H groups in total. The fourth-order valence-corrected chi connectivity index (χ4v) is 8.66. The third-order valence-electron chi connectivity index (χ3n) is 11.9. The molecule has 7 heterocycles. The quantitative estimate of drug-likeness (QED) is 0.223. The van der Waals surface area contributed by atoms with Crippen molar-refractivity contribution in [3.8, 4) is 17.0 Å². The fourth-order valence-electron chi connectivity index (χ4n) is 8.66. The van der Waals surface area contributed by atoms with Gasteiger partial charge in [-0.1, -0.05) is 0 Å². The van der Waals surface area contributed by atoms with Gasteiger partial charge in [-0.2, -0.15) is 13.2 Å². The molecule has 4 saturated heterocycles. The highest BCUT2D eigenvalue weighted by Gasteiger charge is 2.41. The number of piperidine rings is 1. The van der Waals surface area contributed by atoms with E-state index < -0.39 is 48.2 Å². The average molecular weight is 838 g/mol. The van der Waals surface area contributed by atoms with Crippen molar-refractivity contribution < 1.29 is 46.2 Å². The molecular formula is C41H47F4N9O6. The Morgan fingerprint density at radius 2 is 1.75 bits per heavy atom. The Labute approximate surface area is 344 Å². The van der Waals surface area contributed by atoms with Crippen LogP contribution in [0.4, 0.5) is 39.4 Å². The van der Waals surface area contributed by atoms with Gasteiger partial charge >= 0.3 is 12.2 Å². The summed E-state index contributed by atoms with van der Waals surface area (Å²) in [7, 11) is 0. The smallest absolute Gasteiger partial charge is 0.389 e. The zero-order chi connectivity index (χ0) is 42.1. The third kappa shape index (κ3) is 9.11. The molecule has 0 aliphatic carbocycles. The summed E-state index contributed by atoms with van der Waals surface area (Å²) in [4.78, 5) is 68.7. The number of amides is 5. The van der Waals surface area contributed by atoms with E-state index in [2.05, 4.69) is 30.3 Å². The largest absolute Gasteiger partial charge is 0.475 e. The van der Waals surface area contributed by atoms with Crippen molar-refractivity contribution in [1.82, 2.24) is 30.0 Å². The van der Waals surface area contributed by atoms with Crippen LogP contribution in [-0.4, -0.2) is 139 Å². The maximum absolute atomic E-state index is 15.4. The minimum Gasteiger partial charge on any atom is -0.475 e. The molecule has 0 saturated carbocycles. The Morgan fingerprint density at radius 1 is 0.967 bits per heavy atom. The minimum absolute atomic E-state index is 0.0231. The first kappa shape index (κ1) is 41.2. The zero-order valence-corrected chi connectivity index (χ0v) is 33.2. The van der Waals surface area contributed by atoms with Crippen molar-refractivity contribution in [2.24, 2.45) is 5.92 Å². The van der Waals surface area contributed by atoms with Crippen molar-refractivity contribution in [2.45, 2.75) is 51.4 Å². The Balaban J connectivity index is 0.881. The minimum atomic E-state index is -4.27. The average Bonchev–Trinajstić information content (AvgIpc) is 3.82. The van der Waals surface area contributed by atoms with E-state index in [9.17, 15) is 32.3 Å². The third-order valence-corrected chi connectivity index (χ3v) is 11.9. The number of imide groups is 1. The number of nitrogens with zero attached hydrogens (tertiary/aromatic N) is 7. The maximum atomic E-state index is 15.4. The molecule has 8 rings (SSSR count). The second-order valence-corrected chi connectivity index (χ2v) is 15.9. The highest BCUT2D eigenvalue weighted by Crippen LogP contribution is 2.36. The number of hydrogen-bond acceptors (Lipinski definition) is 11. The number of aryl methyl sites for hydroxylation is 1. The van der Waals surface area contributed by atoms with Crippen LogP contribution in [0.25, 0.3) is 11.1 Å². The summed E-state index contributed by atoms with van der Waals surface area (Å²) < 4.78 is 66.1. The van der Waals surface area contributed by atoms with E-state index in [1.807, 2.05) is 19.1 Å². The standard InChI is InChI=1S/C41H47F4N9O6/c1-25-31(18-29(22-46-25)48-40(58)53-5-4-26(23-53)20-41(43,44)45)27-17-34(52-11-13-59-14-12-52)38(47-21-27)60-15-10-50-6-8-51(9-7-50)30-16-28-24-54(39(57)36(28)32(42)19-30)33-2-3-35(55)49-37(33)56/h16-19,21-22,26,33H,2-15,20,23-24H2,1H3,(H,48,58)(H,49,55,56)/t26-,33?/m0/s1. The SMILES string of the molecule is Cc1ncc(NC(=O)N2CC[C@@H](CC(F)(F)F)C2)cc1-c1cnc(OCCN2CCN(c3cc(F)c4c(c3)CN(C3CCC(=O)NC3=O)C4=O)CC2)c(N2CCOCC2)c1. The summed E-state index contributed by atoms with van der Waals surface area (Å²) in [6, 6.07) is 5.69. The Hall–Kier alpha value is -5.56. The predicted molar refractivity (Wildman–Crippen MR) is 211 cm³/mol. The van der Waals surface area contributed by atoms with Crippen LogP contribution < -0.4 is 25.2 Å². The Morgan fingerprint density at radius 3 is 2.50 bits per heavy atom. The molecule has 0 bridgehead atoms. The number of carbonyl (C=O) groups excluding carboxylic acids is 4. The highest BCUT2D eigenvalue weighted by atomic mass is 19.4. The van der Waals surface area contributed by atoms with E-state index in [1.54, 1.807) is 12.3 Å². The number of fused-ring (bicyclic) bond motifs is 1. The van der Waals surface area contributed by atoms with Gasteiger partial charge in [0, 0.05) is 107 Å². The first-order chi connectivity index (χ1) is 28.8. The summed E-state index contributed by atoms with van der Waals surface area (Å²) in [5.41, 5.74) is 4.56. The van der Waals surface area contributed by atoms with Crippen LogP contribution in [0, 0.1) is 18.7 Å². The number of pyridine rings is 2. The second kappa shape index (κ2) is 17.2. The lowest BCUT2D eigenvalue weighted by Crippen LogP contribution is -2.52. The lowest BCUT2D eigenvalue weighted by atomic mass is 10.0. The van der Waals surface area contributed by atoms with Gasteiger partial charge in [-0.05, 0) is 55.5 Å². The summed E-state index contributed by atoms with van der Waals surface area (Å²) in [5.74, 6) is -2.24. The van der Waals surface area contributed by atoms with E-state index in [-0.39, 0.29) is 43.9 Å². The predicted octanol–water partition coefficient (Wildman–Crippen LogP) is 4.20. The molecule has 4 fully saturated rings. The number of hydrogen-bond donors (Lipinski definition) is 2. The lowest BCUT2D eigenvalue weighted by Gasteiger charge is -2.36. The van der Waals surface area contributed by atoms with E-state index >= 15 is 4.39 Å². The van der Waals surface area contributed by atoms with Crippen LogP contribution in [0.1, 0.15) is 47.3 Å². The molecule has 1 unspecified atom stereocenters. The van der Waals surface area contributed by atoms with Crippen molar-refractivity contribution in [3.63, 3.8) is 0 Å². The summed E-state index contributed by atoms with van der Waals surface area (Å²) in [6.07, 6.45) is -1.33. The number of morpholine rings is 1. The molecule has 5 amide bonds. The Bertz CT molecular complexity index is 2140. The van der Waals surface area contributed by atoms with Crippen molar-refractivity contribution in [1.29, 1.82) is 0 Å². The summed E-state index contributed by atoms with van der Waals surface area (Å²) >= 11 is 0. The first-order valence-electron chi connectivity index (χ1n) is 20.3. The van der Waals surface area contributed by atoms with Gasteiger partial charge in [-0.15, -0.1) is 0 Å². The molecule has 19 heteroatoms. The number of likely N-dealkylation sites (tertiary alicyclic amines) is 1. The number of piperazine rings is 1. The van der Waals surface area contributed by atoms with Crippen molar-refractivity contribution in [3.05, 3.63) is 59.3 Å². The van der Waals surface area contributed by atoms with Crippen LogP contribution in [0.2, 0.25) is 0 Å². The zero-order valence-electron chi connectivity index (χ0n) is 33.2. The van der Waals surface area contributed by atoms with Crippen LogP contribution in [0.5, 0.6) is 5.88 Å². The van der Waals surface area contributed by atoms with Gasteiger partial charge in [0.15, 0.2) is 0 Å². The monoisotopic (exact) mass is 837 g/mol. The number of benzene rings is 1. The van der Waals surface area contributed by atoms with Crippen LogP contribution in [0.3, 0.4) is 0 Å². The van der Waals surface area contributed by atoms with Gasteiger partial charge in [0.05, 0.1) is 30.7 Å². The number of alkyl halides is 3. The molecule has 5 aliphatic rings. The van der Waals surface area contributed by atoms with Gasteiger partial charge in [0.2, 0.25) is 17.7 Å². The summed E-state index contributed by atoms with van der Waals surface area (Å²) in [5, 5.41) is 5.08. The van der Waals surface area contributed by atoms with E-state index in [0.717, 1.165) is 16.8 Å². The maximum Gasteiger partial charge on any atom is 0.389 e. The molecular weight excluding hydrogens is 790 g/mol. The van der Waals surface area contributed by atoms with Crippen molar-refractivity contribution in [2.75, 3.05) is 93.8 Å². The molecule has 0 radical (unpaired) electrons.